The van der Waals surface area contributed by atoms with Gasteiger partial charge in [-0.05, 0) is 64.0 Å². The van der Waals surface area contributed by atoms with Crippen molar-refractivity contribution in [1.82, 2.24) is 9.97 Å². The molecule has 0 unspecified atom stereocenters. The maximum atomic E-state index is 14.0. The van der Waals surface area contributed by atoms with Crippen LogP contribution in [0, 0.1) is 12.8 Å². The number of para-hydroxylation sites is 1. The molecule has 1 aromatic carbocycles. The van der Waals surface area contributed by atoms with E-state index < -0.39 is 12.3 Å². The quantitative estimate of drug-likeness (QED) is 0.372. The first-order valence-corrected chi connectivity index (χ1v) is 12.7. The lowest BCUT2D eigenvalue weighted by atomic mass is 9.86. The number of aromatic nitrogens is 2. The Morgan fingerprint density at radius 1 is 1.14 bits per heavy atom. The summed E-state index contributed by atoms with van der Waals surface area (Å²) < 4.78 is 33.7. The van der Waals surface area contributed by atoms with E-state index in [1.54, 1.807) is 18.2 Å². The second-order valence-electron chi connectivity index (χ2n) is 9.95. The maximum Gasteiger partial charge on any atom is 0.295 e. The van der Waals surface area contributed by atoms with Gasteiger partial charge in [0.1, 0.15) is 11.6 Å². The summed E-state index contributed by atoms with van der Waals surface area (Å²) in [7, 11) is 0. The number of ether oxygens (including phenoxy) is 1. The monoisotopic (exact) mass is 501 g/mol. The van der Waals surface area contributed by atoms with Crippen LogP contribution in [0.5, 0.6) is 0 Å². The van der Waals surface area contributed by atoms with Crippen molar-refractivity contribution in [3.05, 3.63) is 35.9 Å². The molecule has 0 bridgehead atoms. The van der Waals surface area contributed by atoms with E-state index in [9.17, 15) is 8.78 Å². The average Bonchev–Trinajstić information content (AvgIpc) is 2.84. The molecule has 36 heavy (non-hydrogen) atoms. The molecule has 0 spiro atoms. The number of benzene rings is 1. The van der Waals surface area contributed by atoms with Gasteiger partial charge in [0.05, 0.1) is 31.0 Å². The molecule has 2 atom stereocenters. The molecule has 0 radical (unpaired) electrons. The van der Waals surface area contributed by atoms with E-state index in [1.165, 1.54) is 0 Å². The molecular formula is C26H37F2N7O. The fourth-order valence-corrected chi connectivity index (χ4v) is 4.87. The van der Waals surface area contributed by atoms with E-state index in [2.05, 4.69) is 39.4 Å². The summed E-state index contributed by atoms with van der Waals surface area (Å²) in [5.41, 5.74) is 7.34. The van der Waals surface area contributed by atoms with Gasteiger partial charge in [-0.2, -0.15) is 9.97 Å². The maximum absolute atomic E-state index is 14.0. The van der Waals surface area contributed by atoms with Gasteiger partial charge in [0.2, 0.25) is 5.95 Å². The first-order chi connectivity index (χ1) is 17.3. The Bertz CT molecular complexity index is 1030. The molecule has 196 valence electrons. The van der Waals surface area contributed by atoms with Crippen molar-refractivity contribution in [2.75, 3.05) is 35.3 Å². The third kappa shape index (κ3) is 6.67. The van der Waals surface area contributed by atoms with Crippen LogP contribution in [0.3, 0.4) is 0 Å². The highest BCUT2D eigenvalue weighted by Crippen LogP contribution is 2.28. The lowest BCUT2D eigenvalue weighted by Crippen LogP contribution is -2.50. The van der Waals surface area contributed by atoms with Gasteiger partial charge < -0.3 is 26.0 Å². The SMILES string of the molecule is Cc1ccccc1/N=C(\Nc1cc(N2[C@@H](C)COC[C@@H]2C)nc(NC[C@H]2CC[C@H](N)CC2)n1)C(F)F. The molecular weight excluding hydrogens is 464 g/mol. The predicted octanol–water partition coefficient (Wildman–Crippen LogP) is 4.74. The molecule has 1 saturated carbocycles. The van der Waals surface area contributed by atoms with Crippen molar-refractivity contribution in [2.45, 2.75) is 71.0 Å². The minimum Gasteiger partial charge on any atom is -0.377 e. The van der Waals surface area contributed by atoms with Gasteiger partial charge in [0.15, 0.2) is 5.84 Å². The summed E-state index contributed by atoms with van der Waals surface area (Å²) in [5.74, 6) is 1.36. The van der Waals surface area contributed by atoms with E-state index in [-0.39, 0.29) is 23.9 Å². The van der Waals surface area contributed by atoms with Crippen LogP contribution in [0.4, 0.5) is 32.1 Å². The van der Waals surface area contributed by atoms with Crippen LogP contribution in [-0.2, 0) is 4.74 Å². The molecule has 1 aliphatic heterocycles. The Morgan fingerprint density at radius 2 is 1.83 bits per heavy atom. The summed E-state index contributed by atoms with van der Waals surface area (Å²) in [6, 6.07) is 9.33. The van der Waals surface area contributed by atoms with E-state index in [4.69, 9.17) is 15.5 Å². The first kappa shape index (κ1) is 26.2. The van der Waals surface area contributed by atoms with Gasteiger partial charge in [-0.15, -0.1) is 0 Å². The van der Waals surface area contributed by atoms with Crippen LogP contribution in [0.2, 0.25) is 0 Å². The Kier molecular flexibility index (Phi) is 8.68. The second-order valence-corrected chi connectivity index (χ2v) is 9.95. The number of hydrogen-bond donors (Lipinski definition) is 3. The minimum absolute atomic E-state index is 0.0828. The number of hydrogen-bond acceptors (Lipinski definition) is 7. The van der Waals surface area contributed by atoms with E-state index in [0.717, 1.165) is 31.2 Å². The van der Waals surface area contributed by atoms with Crippen LogP contribution >= 0.6 is 0 Å². The number of rotatable bonds is 7. The van der Waals surface area contributed by atoms with Crippen molar-refractivity contribution in [3.8, 4) is 0 Å². The van der Waals surface area contributed by atoms with Gasteiger partial charge in [-0.25, -0.2) is 13.8 Å². The highest BCUT2D eigenvalue weighted by Gasteiger charge is 2.28. The second kappa shape index (κ2) is 11.9. The summed E-state index contributed by atoms with van der Waals surface area (Å²) in [5, 5.41) is 6.13. The summed E-state index contributed by atoms with van der Waals surface area (Å²) >= 11 is 0. The number of nitrogens with one attached hydrogen (secondary N) is 2. The van der Waals surface area contributed by atoms with Crippen molar-refractivity contribution in [3.63, 3.8) is 0 Å². The molecule has 2 heterocycles. The van der Waals surface area contributed by atoms with Crippen molar-refractivity contribution in [1.29, 1.82) is 0 Å². The number of aryl methyl sites for hydroxylation is 1. The lowest BCUT2D eigenvalue weighted by Gasteiger charge is -2.39. The Labute approximate surface area is 211 Å². The highest BCUT2D eigenvalue weighted by atomic mass is 19.3. The van der Waals surface area contributed by atoms with Gasteiger partial charge in [0, 0.05) is 18.7 Å². The topological polar surface area (TPSA) is 101 Å². The molecule has 1 aliphatic carbocycles. The normalized spacial score (nSPS) is 25.2. The predicted molar refractivity (Wildman–Crippen MR) is 141 cm³/mol. The molecule has 1 aromatic heterocycles. The summed E-state index contributed by atoms with van der Waals surface area (Å²) in [6.07, 6.45) is 1.32. The standard InChI is InChI=1S/C26H37F2N7O/c1-16-6-4-5-7-21(16)31-25(24(27)28)32-22-12-23(35-17(2)14-36-15-18(35)3)34-26(33-22)30-13-19-8-10-20(29)11-9-19/h4-7,12,17-20,24H,8-11,13-15,29H2,1-3H3,(H2,30,31,32,33,34)/t17-,18-,19-,20-/m0/s1. The molecule has 4 N–H and O–H groups in total. The average molecular weight is 502 g/mol. The number of anilines is 3. The zero-order chi connectivity index (χ0) is 25.7. The highest BCUT2D eigenvalue weighted by molar-refractivity contribution is 5.99. The van der Waals surface area contributed by atoms with Gasteiger partial charge >= 0.3 is 0 Å². The van der Waals surface area contributed by atoms with E-state index in [0.29, 0.717) is 43.1 Å². The Morgan fingerprint density at radius 3 is 2.50 bits per heavy atom. The van der Waals surface area contributed by atoms with E-state index in [1.807, 2.05) is 19.1 Å². The van der Waals surface area contributed by atoms with Gasteiger partial charge in [-0.1, -0.05) is 18.2 Å². The number of alkyl halides is 2. The minimum atomic E-state index is -2.80. The fraction of sp³-hybridized carbons (Fsp3) is 0.577. The van der Waals surface area contributed by atoms with Gasteiger partial charge in [-0.3, -0.25) is 0 Å². The van der Waals surface area contributed by atoms with E-state index >= 15 is 0 Å². The molecule has 2 aliphatic rings. The molecule has 2 aromatic rings. The van der Waals surface area contributed by atoms with Gasteiger partial charge in [0.25, 0.3) is 6.43 Å². The van der Waals surface area contributed by atoms with Crippen molar-refractivity contribution >= 4 is 29.1 Å². The number of nitrogens with zero attached hydrogens (tertiary/aromatic N) is 4. The molecule has 2 fully saturated rings. The van der Waals surface area contributed by atoms with Crippen LogP contribution in [-0.4, -0.2) is 60.1 Å². The fourth-order valence-electron chi connectivity index (χ4n) is 4.87. The third-order valence-corrected chi connectivity index (χ3v) is 6.90. The Balaban J connectivity index is 1.62. The first-order valence-electron chi connectivity index (χ1n) is 12.7. The zero-order valence-corrected chi connectivity index (χ0v) is 21.3. The van der Waals surface area contributed by atoms with Crippen molar-refractivity contribution in [2.24, 2.45) is 16.6 Å². The van der Waals surface area contributed by atoms with Crippen LogP contribution in [0.25, 0.3) is 0 Å². The summed E-state index contributed by atoms with van der Waals surface area (Å²) in [6.45, 7) is 7.81. The number of morpholine rings is 1. The largest absolute Gasteiger partial charge is 0.377 e. The molecule has 1 saturated heterocycles. The summed E-state index contributed by atoms with van der Waals surface area (Å²) in [4.78, 5) is 15.7. The smallest absolute Gasteiger partial charge is 0.295 e. The van der Waals surface area contributed by atoms with Crippen LogP contribution in [0.1, 0.15) is 45.1 Å². The third-order valence-electron chi connectivity index (χ3n) is 6.90. The zero-order valence-electron chi connectivity index (χ0n) is 21.3. The van der Waals surface area contributed by atoms with Crippen molar-refractivity contribution < 1.29 is 13.5 Å². The molecule has 0 amide bonds. The molecule has 10 heteroatoms. The number of nitrogens with two attached hydrogens (primary N) is 1. The Hall–Kier alpha value is -2.85. The van der Waals surface area contributed by atoms with Crippen LogP contribution in [0.15, 0.2) is 35.3 Å². The van der Waals surface area contributed by atoms with Crippen LogP contribution < -0.4 is 21.3 Å². The number of aliphatic imine (C=N–C) groups is 1. The molecule has 4 rings (SSSR count). The number of amidine groups is 1. The molecule has 8 nitrogen and oxygen atoms in total. The lowest BCUT2D eigenvalue weighted by molar-refractivity contribution is 0.0752. The number of halogens is 2.